The van der Waals surface area contributed by atoms with E-state index in [-0.39, 0.29) is 27.1 Å². The minimum absolute atomic E-state index is 0.120. The summed E-state index contributed by atoms with van der Waals surface area (Å²) in [7, 11) is 0. The molecule has 0 saturated heterocycles. The fourth-order valence-corrected chi connectivity index (χ4v) is 1.92. The van der Waals surface area contributed by atoms with E-state index in [0.29, 0.717) is 5.69 Å². The SMILES string of the molecule is N#Cc1ccnc(Nc2cc(Cl)c(F)c(Cl)c2)c1N. The van der Waals surface area contributed by atoms with E-state index < -0.39 is 5.82 Å². The molecule has 1 aromatic carbocycles. The Morgan fingerprint density at radius 2 is 1.95 bits per heavy atom. The van der Waals surface area contributed by atoms with Crippen molar-refractivity contribution in [3.8, 4) is 6.07 Å². The molecule has 0 radical (unpaired) electrons. The first-order valence-corrected chi connectivity index (χ1v) is 5.84. The predicted molar refractivity (Wildman–Crippen MR) is 73.1 cm³/mol. The lowest BCUT2D eigenvalue weighted by Crippen LogP contribution is -2.01. The van der Waals surface area contributed by atoms with E-state index in [4.69, 9.17) is 34.2 Å². The monoisotopic (exact) mass is 296 g/mol. The molecule has 1 heterocycles. The number of anilines is 3. The van der Waals surface area contributed by atoms with E-state index in [9.17, 15) is 4.39 Å². The summed E-state index contributed by atoms with van der Waals surface area (Å²) >= 11 is 11.4. The largest absolute Gasteiger partial charge is 0.395 e. The standard InChI is InChI=1S/C12H7Cl2FN4/c13-8-3-7(4-9(14)10(8)15)19-12-11(17)6(5-16)1-2-18-12/h1-4H,17H2,(H,18,19). The van der Waals surface area contributed by atoms with E-state index in [1.807, 2.05) is 6.07 Å². The van der Waals surface area contributed by atoms with E-state index in [1.54, 1.807) is 0 Å². The van der Waals surface area contributed by atoms with Gasteiger partial charge >= 0.3 is 0 Å². The van der Waals surface area contributed by atoms with Gasteiger partial charge in [0.05, 0.1) is 21.3 Å². The Morgan fingerprint density at radius 3 is 2.53 bits per heavy atom. The molecule has 0 bridgehead atoms. The second kappa shape index (κ2) is 5.31. The summed E-state index contributed by atoms with van der Waals surface area (Å²) < 4.78 is 13.3. The molecule has 0 amide bonds. The quantitative estimate of drug-likeness (QED) is 0.828. The highest BCUT2D eigenvalue weighted by Crippen LogP contribution is 2.30. The van der Waals surface area contributed by atoms with E-state index in [0.717, 1.165) is 0 Å². The van der Waals surface area contributed by atoms with Gasteiger partial charge in [0.15, 0.2) is 11.6 Å². The zero-order valence-electron chi connectivity index (χ0n) is 9.42. The van der Waals surface area contributed by atoms with Crippen molar-refractivity contribution >= 4 is 40.4 Å². The molecule has 3 N–H and O–H groups in total. The summed E-state index contributed by atoms with van der Waals surface area (Å²) in [6, 6.07) is 6.13. The number of hydrogen-bond donors (Lipinski definition) is 2. The maximum absolute atomic E-state index is 13.3. The first-order chi connectivity index (χ1) is 9.02. The average Bonchev–Trinajstić information content (AvgIpc) is 2.38. The molecule has 0 fully saturated rings. The van der Waals surface area contributed by atoms with Crippen LogP contribution < -0.4 is 11.1 Å². The highest BCUT2D eigenvalue weighted by atomic mass is 35.5. The van der Waals surface area contributed by atoms with Crippen LogP contribution in [0.15, 0.2) is 24.4 Å². The molecule has 96 valence electrons. The number of pyridine rings is 1. The van der Waals surface area contributed by atoms with Gasteiger partial charge in [-0.25, -0.2) is 9.37 Å². The number of nitrogen functional groups attached to an aromatic ring is 1. The summed E-state index contributed by atoms with van der Waals surface area (Å²) in [4.78, 5) is 4.00. The highest BCUT2D eigenvalue weighted by molar-refractivity contribution is 6.35. The van der Waals surface area contributed by atoms with Crippen LogP contribution in [-0.4, -0.2) is 4.98 Å². The second-order valence-corrected chi connectivity index (χ2v) is 4.43. The van der Waals surface area contributed by atoms with Crippen molar-refractivity contribution in [3.63, 3.8) is 0 Å². The molecule has 0 atom stereocenters. The maximum atomic E-state index is 13.3. The third-order valence-corrected chi connectivity index (χ3v) is 2.91. The number of aromatic nitrogens is 1. The summed E-state index contributed by atoms with van der Waals surface area (Å²) in [6.07, 6.45) is 1.43. The smallest absolute Gasteiger partial charge is 0.160 e. The van der Waals surface area contributed by atoms with Crippen molar-refractivity contribution in [2.75, 3.05) is 11.1 Å². The molecule has 0 aliphatic heterocycles. The summed E-state index contributed by atoms with van der Waals surface area (Å²) in [5.41, 5.74) is 6.67. The van der Waals surface area contributed by atoms with Crippen molar-refractivity contribution in [2.45, 2.75) is 0 Å². The van der Waals surface area contributed by atoms with Crippen LogP contribution in [0, 0.1) is 17.1 Å². The molecular weight excluding hydrogens is 290 g/mol. The number of benzene rings is 1. The summed E-state index contributed by atoms with van der Waals surface area (Å²) in [6.45, 7) is 0. The third kappa shape index (κ3) is 2.70. The topological polar surface area (TPSA) is 74.7 Å². The van der Waals surface area contributed by atoms with Crippen molar-refractivity contribution in [1.29, 1.82) is 5.26 Å². The summed E-state index contributed by atoms with van der Waals surface area (Å²) in [5, 5.41) is 11.4. The molecule has 0 unspecified atom stereocenters. The molecule has 0 spiro atoms. The van der Waals surface area contributed by atoms with Gasteiger partial charge in [-0.1, -0.05) is 23.2 Å². The van der Waals surface area contributed by atoms with Gasteiger partial charge in [-0.05, 0) is 18.2 Å². The lowest BCUT2D eigenvalue weighted by Gasteiger charge is -2.10. The second-order valence-electron chi connectivity index (χ2n) is 3.61. The van der Waals surface area contributed by atoms with Crippen LogP contribution in [0.4, 0.5) is 21.6 Å². The van der Waals surface area contributed by atoms with Gasteiger partial charge in [0.25, 0.3) is 0 Å². The van der Waals surface area contributed by atoms with Crippen LogP contribution in [0.2, 0.25) is 10.0 Å². The van der Waals surface area contributed by atoms with Gasteiger partial charge in [-0.3, -0.25) is 0 Å². The minimum atomic E-state index is -0.694. The third-order valence-electron chi connectivity index (χ3n) is 2.36. The first-order valence-electron chi connectivity index (χ1n) is 5.09. The molecular formula is C12H7Cl2FN4. The first kappa shape index (κ1) is 13.4. The maximum Gasteiger partial charge on any atom is 0.160 e. The van der Waals surface area contributed by atoms with E-state index >= 15 is 0 Å². The van der Waals surface area contributed by atoms with Crippen molar-refractivity contribution in [1.82, 2.24) is 4.98 Å². The molecule has 7 heteroatoms. The number of nitrogens with two attached hydrogens (primary N) is 1. The zero-order valence-corrected chi connectivity index (χ0v) is 10.9. The average molecular weight is 297 g/mol. The van der Waals surface area contributed by atoms with Gasteiger partial charge in [0.1, 0.15) is 6.07 Å². The number of rotatable bonds is 2. The number of halogens is 3. The summed E-state index contributed by atoms with van der Waals surface area (Å²) in [5.74, 6) is -0.418. The van der Waals surface area contributed by atoms with Crippen LogP contribution in [0.5, 0.6) is 0 Å². The lowest BCUT2D eigenvalue weighted by molar-refractivity contribution is 0.629. The van der Waals surface area contributed by atoms with Crippen molar-refractivity contribution in [3.05, 3.63) is 45.8 Å². The Bertz CT molecular complexity index is 659. The minimum Gasteiger partial charge on any atom is -0.395 e. The number of hydrogen-bond acceptors (Lipinski definition) is 4. The molecule has 0 aliphatic carbocycles. The Hall–Kier alpha value is -2.03. The number of nitriles is 1. The van der Waals surface area contributed by atoms with Crippen LogP contribution >= 0.6 is 23.2 Å². The number of nitrogens with one attached hydrogen (secondary N) is 1. The van der Waals surface area contributed by atoms with E-state index in [2.05, 4.69) is 10.3 Å². The van der Waals surface area contributed by atoms with Gasteiger partial charge in [0.2, 0.25) is 0 Å². The van der Waals surface area contributed by atoms with Crippen molar-refractivity contribution < 1.29 is 4.39 Å². The van der Waals surface area contributed by atoms with Gasteiger partial charge < -0.3 is 11.1 Å². The Kier molecular flexibility index (Phi) is 3.74. The fraction of sp³-hybridized carbons (Fsp3) is 0. The normalized spacial score (nSPS) is 10.0. The van der Waals surface area contributed by atoms with Crippen LogP contribution in [-0.2, 0) is 0 Å². The number of nitrogens with zero attached hydrogens (tertiary/aromatic N) is 2. The predicted octanol–water partition coefficient (Wildman–Crippen LogP) is 3.72. The molecule has 1 aromatic heterocycles. The molecule has 4 nitrogen and oxygen atoms in total. The Labute approximate surface area is 118 Å². The van der Waals surface area contributed by atoms with Crippen molar-refractivity contribution in [2.24, 2.45) is 0 Å². The van der Waals surface area contributed by atoms with Crippen LogP contribution in [0.1, 0.15) is 5.56 Å². The zero-order chi connectivity index (χ0) is 14.0. The molecule has 0 aliphatic rings. The Balaban J connectivity index is 2.40. The molecule has 2 rings (SSSR count). The van der Waals surface area contributed by atoms with Gasteiger partial charge in [-0.15, -0.1) is 0 Å². The Morgan fingerprint density at radius 1 is 1.32 bits per heavy atom. The van der Waals surface area contributed by atoms with Gasteiger partial charge in [-0.2, -0.15) is 5.26 Å². The lowest BCUT2D eigenvalue weighted by atomic mass is 10.2. The van der Waals surface area contributed by atoms with Gasteiger partial charge in [0, 0.05) is 11.9 Å². The molecule has 0 saturated carbocycles. The van der Waals surface area contributed by atoms with Crippen LogP contribution in [0.25, 0.3) is 0 Å². The molecule has 2 aromatic rings. The highest BCUT2D eigenvalue weighted by Gasteiger charge is 2.10. The fourth-order valence-electron chi connectivity index (χ4n) is 1.43. The molecule has 19 heavy (non-hydrogen) atoms. The van der Waals surface area contributed by atoms with E-state index in [1.165, 1.54) is 24.4 Å². The van der Waals surface area contributed by atoms with Crippen LogP contribution in [0.3, 0.4) is 0 Å².